The minimum Gasteiger partial charge on any atom is -0.456 e. The molecule has 9 aromatic carbocycles. The number of aromatic nitrogens is 3. The Kier molecular flexibility index (Phi) is 6.76. The highest BCUT2D eigenvalue weighted by atomic mass is 32.1. The van der Waals surface area contributed by atoms with Gasteiger partial charge in [0.05, 0.1) is 0 Å². The van der Waals surface area contributed by atoms with Crippen molar-refractivity contribution in [3.05, 3.63) is 176 Å². The Bertz CT molecular complexity index is 3560. The number of thiophene rings is 1. The van der Waals surface area contributed by atoms with E-state index in [1.165, 1.54) is 30.9 Å². The Morgan fingerprint density at radius 3 is 1.70 bits per heavy atom. The van der Waals surface area contributed by atoms with E-state index >= 15 is 0 Å². The normalized spacial score (nSPS) is 11.9. The summed E-state index contributed by atoms with van der Waals surface area (Å²) in [5, 5.41) is 11.5. The molecule has 0 radical (unpaired) electrons. The zero-order valence-electron chi connectivity index (χ0n) is 29.9. The zero-order valence-corrected chi connectivity index (χ0v) is 30.7. The van der Waals surface area contributed by atoms with Crippen molar-refractivity contribution in [2.24, 2.45) is 0 Å². The summed E-state index contributed by atoms with van der Waals surface area (Å²) < 4.78 is 8.72. The Hall–Kier alpha value is -7.21. The minimum absolute atomic E-state index is 0.634. The highest BCUT2D eigenvalue weighted by Crippen LogP contribution is 2.43. The van der Waals surface area contributed by atoms with Gasteiger partial charge in [-0.05, 0) is 73.8 Å². The summed E-state index contributed by atoms with van der Waals surface area (Å²) in [6.45, 7) is 0. The molecule has 0 fully saturated rings. The molecule has 12 aromatic rings. The van der Waals surface area contributed by atoms with Gasteiger partial charge in [0, 0.05) is 47.6 Å². The lowest BCUT2D eigenvalue weighted by Crippen LogP contribution is -2.01. The van der Waals surface area contributed by atoms with Crippen LogP contribution in [0.3, 0.4) is 0 Å². The van der Waals surface area contributed by atoms with Crippen molar-refractivity contribution in [3.8, 4) is 45.3 Å². The molecule has 0 saturated heterocycles. The van der Waals surface area contributed by atoms with E-state index in [1.54, 1.807) is 11.3 Å². The Labute approximate surface area is 325 Å². The van der Waals surface area contributed by atoms with Gasteiger partial charge in [0.15, 0.2) is 17.5 Å². The van der Waals surface area contributed by atoms with Crippen molar-refractivity contribution < 1.29 is 4.42 Å². The number of hydrogen-bond acceptors (Lipinski definition) is 5. The maximum Gasteiger partial charge on any atom is 0.165 e. The van der Waals surface area contributed by atoms with E-state index < -0.39 is 0 Å². The van der Waals surface area contributed by atoms with Crippen LogP contribution in [0.4, 0.5) is 0 Å². The first-order valence-electron chi connectivity index (χ1n) is 18.8. The number of benzene rings is 9. The van der Waals surface area contributed by atoms with E-state index in [4.69, 9.17) is 19.4 Å². The van der Waals surface area contributed by atoms with Gasteiger partial charge in [-0.15, -0.1) is 11.3 Å². The standard InChI is InChI=1S/C51H29N3OS/c1-2-14-31-30(13-1)29-43(36-16-4-3-15-32(31)36)51-53-49(52-50(54-51)42-25-11-23-39-37-17-6-8-28-46(37)56-48(39)42)40-24-10-19-33-34(20-9-21-35(33)40)38-22-12-27-45-47(38)41-18-5-7-26-44(41)55-45/h1-29H. The third-order valence-corrected chi connectivity index (χ3v) is 12.4. The quantitative estimate of drug-likeness (QED) is 0.169. The maximum absolute atomic E-state index is 6.31. The molecule has 0 saturated carbocycles. The van der Waals surface area contributed by atoms with E-state index in [2.05, 4.69) is 164 Å². The van der Waals surface area contributed by atoms with Crippen molar-refractivity contribution in [1.82, 2.24) is 15.0 Å². The summed E-state index contributed by atoms with van der Waals surface area (Å²) in [6.07, 6.45) is 0. The number of furan rings is 1. The van der Waals surface area contributed by atoms with Crippen LogP contribution in [0.1, 0.15) is 0 Å². The number of rotatable bonds is 4. The SMILES string of the molecule is c1ccc2c(c1)cc(-c1nc(-c3cccc4c(-c5cccc6oc7ccccc7c56)cccc34)nc(-c3cccc4c3sc3ccccc34)n1)c1ccccc12. The molecule has 0 N–H and O–H groups in total. The molecule has 12 rings (SSSR count). The molecule has 0 bridgehead atoms. The number of para-hydroxylation sites is 1. The third kappa shape index (κ3) is 4.68. The van der Waals surface area contributed by atoms with Gasteiger partial charge in [-0.3, -0.25) is 0 Å². The summed E-state index contributed by atoms with van der Waals surface area (Å²) in [4.78, 5) is 16.1. The van der Waals surface area contributed by atoms with Crippen molar-refractivity contribution in [2.45, 2.75) is 0 Å². The van der Waals surface area contributed by atoms with Gasteiger partial charge in [0.25, 0.3) is 0 Å². The predicted octanol–water partition coefficient (Wildman–Crippen LogP) is 14.3. The fourth-order valence-corrected chi connectivity index (χ4v) is 9.85. The molecule has 0 aliphatic carbocycles. The molecule has 3 aromatic heterocycles. The van der Waals surface area contributed by atoms with Crippen LogP contribution in [0.15, 0.2) is 180 Å². The molecule has 0 amide bonds. The number of hydrogen-bond donors (Lipinski definition) is 0. The maximum atomic E-state index is 6.31. The van der Waals surface area contributed by atoms with Crippen molar-refractivity contribution >= 4 is 85.8 Å². The van der Waals surface area contributed by atoms with Gasteiger partial charge in [-0.25, -0.2) is 15.0 Å². The predicted molar refractivity (Wildman–Crippen MR) is 234 cm³/mol. The molecular formula is C51H29N3OS. The lowest BCUT2D eigenvalue weighted by atomic mass is 9.93. The lowest BCUT2D eigenvalue weighted by Gasteiger charge is -2.14. The Morgan fingerprint density at radius 1 is 0.339 bits per heavy atom. The van der Waals surface area contributed by atoms with Crippen LogP contribution in [-0.4, -0.2) is 15.0 Å². The molecule has 0 spiro atoms. The first kappa shape index (κ1) is 31.2. The van der Waals surface area contributed by atoms with E-state index in [1.807, 2.05) is 12.1 Å². The molecule has 0 unspecified atom stereocenters. The zero-order chi connectivity index (χ0) is 36.7. The van der Waals surface area contributed by atoms with E-state index in [0.717, 1.165) is 71.3 Å². The molecular weight excluding hydrogens is 703 g/mol. The molecule has 0 atom stereocenters. The summed E-state index contributed by atoms with van der Waals surface area (Å²) >= 11 is 1.79. The van der Waals surface area contributed by atoms with Crippen molar-refractivity contribution in [3.63, 3.8) is 0 Å². The topological polar surface area (TPSA) is 51.8 Å². The minimum atomic E-state index is 0.634. The fraction of sp³-hybridized carbons (Fsp3) is 0. The average Bonchev–Trinajstić information content (AvgIpc) is 3.84. The smallest absolute Gasteiger partial charge is 0.165 e. The van der Waals surface area contributed by atoms with E-state index in [9.17, 15) is 0 Å². The molecule has 5 heteroatoms. The van der Waals surface area contributed by atoms with Gasteiger partial charge in [-0.2, -0.15) is 0 Å². The summed E-state index contributed by atoms with van der Waals surface area (Å²) in [5.74, 6) is 1.94. The Balaban J connectivity index is 1.14. The second-order valence-electron chi connectivity index (χ2n) is 14.3. The van der Waals surface area contributed by atoms with Gasteiger partial charge >= 0.3 is 0 Å². The fourth-order valence-electron chi connectivity index (χ4n) is 8.64. The van der Waals surface area contributed by atoms with E-state index in [-0.39, 0.29) is 0 Å². The third-order valence-electron chi connectivity index (χ3n) is 11.1. The second kappa shape index (κ2) is 12.2. The van der Waals surface area contributed by atoms with Crippen molar-refractivity contribution in [2.75, 3.05) is 0 Å². The Morgan fingerprint density at radius 2 is 0.857 bits per heavy atom. The molecule has 260 valence electrons. The van der Waals surface area contributed by atoms with E-state index in [0.29, 0.717) is 17.5 Å². The first-order valence-corrected chi connectivity index (χ1v) is 19.6. The molecule has 3 heterocycles. The van der Waals surface area contributed by atoms with Gasteiger partial charge in [0.2, 0.25) is 0 Å². The first-order chi connectivity index (χ1) is 27.8. The highest BCUT2D eigenvalue weighted by Gasteiger charge is 2.21. The monoisotopic (exact) mass is 731 g/mol. The van der Waals surface area contributed by atoms with Gasteiger partial charge < -0.3 is 4.42 Å². The average molecular weight is 732 g/mol. The molecule has 56 heavy (non-hydrogen) atoms. The van der Waals surface area contributed by atoms with Crippen LogP contribution in [0.25, 0.3) is 120 Å². The summed E-state index contributed by atoms with van der Waals surface area (Å²) in [5.41, 5.74) is 6.95. The van der Waals surface area contributed by atoms with Crippen LogP contribution < -0.4 is 0 Å². The van der Waals surface area contributed by atoms with Gasteiger partial charge in [-0.1, -0.05) is 146 Å². The molecule has 0 aliphatic heterocycles. The summed E-state index contributed by atoms with van der Waals surface area (Å²) in [7, 11) is 0. The molecule has 4 nitrogen and oxygen atoms in total. The van der Waals surface area contributed by atoms with Crippen LogP contribution in [0, 0.1) is 0 Å². The van der Waals surface area contributed by atoms with Crippen LogP contribution in [0.2, 0.25) is 0 Å². The van der Waals surface area contributed by atoms with Crippen LogP contribution >= 0.6 is 11.3 Å². The lowest BCUT2D eigenvalue weighted by molar-refractivity contribution is 0.669. The van der Waals surface area contributed by atoms with Crippen molar-refractivity contribution in [1.29, 1.82) is 0 Å². The highest BCUT2D eigenvalue weighted by molar-refractivity contribution is 7.26. The second-order valence-corrected chi connectivity index (χ2v) is 15.3. The molecule has 0 aliphatic rings. The van der Waals surface area contributed by atoms with Crippen LogP contribution in [0.5, 0.6) is 0 Å². The van der Waals surface area contributed by atoms with Gasteiger partial charge in [0.1, 0.15) is 11.2 Å². The number of nitrogens with zero attached hydrogens (tertiary/aromatic N) is 3. The number of fused-ring (bicyclic) bond motifs is 10. The summed E-state index contributed by atoms with van der Waals surface area (Å²) in [6, 6.07) is 62.0. The largest absolute Gasteiger partial charge is 0.456 e. The van der Waals surface area contributed by atoms with Crippen LogP contribution in [-0.2, 0) is 0 Å².